The summed E-state index contributed by atoms with van der Waals surface area (Å²) < 4.78 is 5.34. The van der Waals surface area contributed by atoms with E-state index in [1.807, 2.05) is 6.07 Å². The van der Waals surface area contributed by atoms with Gasteiger partial charge in [0.05, 0.1) is 29.1 Å². The molecule has 2 rings (SSSR count). The van der Waals surface area contributed by atoms with E-state index in [1.54, 1.807) is 36.4 Å². The highest BCUT2D eigenvalue weighted by atomic mass is 35.5. The maximum absolute atomic E-state index is 11.8. The first-order valence-corrected chi connectivity index (χ1v) is 7.08. The molecule has 0 saturated carbocycles. The van der Waals surface area contributed by atoms with Gasteiger partial charge in [-0.15, -0.1) is 0 Å². The molecule has 2 aromatic carbocycles. The van der Waals surface area contributed by atoms with Crippen LogP contribution in [0.15, 0.2) is 42.5 Å². The third-order valence-electron chi connectivity index (χ3n) is 2.94. The number of rotatable bonds is 5. The van der Waals surface area contributed by atoms with Crippen molar-refractivity contribution in [3.63, 3.8) is 0 Å². The number of amides is 1. The van der Waals surface area contributed by atoms with Crippen molar-refractivity contribution in [3.8, 4) is 17.9 Å². The van der Waals surface area contributed by atoms with Crippen LogP contribution in [0.5, 0.6) is 5.75 Å². The number of nitrogens with zero attached hydrogens (tertiary/aromatic N) is 2. The van der Waals surface area contributed by atoms with Crippen molar-refractivity contribution in [2.45, 2.75) is 6.42 Å². The van der Waals surface area contributed by atoms with Gasteiger partial charge in [-0.2, -0.15) is 10.5 Å². The first-order valence-electron chi connectivity index (χ1n) is 6.70. The monoisotopic (exact) mass is 325 g/mol. The van der Waals surface area contributed by atoms with E-state index >= 15 is 0 Å². The second kappa shape index (κ2) is 7.84. The van der Waals surface area contributed by atoms with Crippen molar-refractivity contribution >= 4 is 23.2 Å². The van der Waals surface area contributed by atoms with Crippen LogP contribution in [0.2, 0.25) is 5.02 Å². The molecule has 1 N–H and O–H groups in total. The molecular weight excluding hydrogens is 314 g/mol. The molecule has 0 aliphatic rings. The molecule has 0 unspecified atom stereocenters. The molecule has 6 heteroatoms. The van der Waals surface area contributed by atoms with Crippen molar-refractivity contribution in [2.24, 2.45) is 0 Å². The molecule has 114 valence electrons. The zero-order chi connectivity index (χ0) is 16.7. The lowest BCUT2D eigenvalue weighted by atomic mass is 10.1. The second-order valence-corrected chi connectivity index (χ2v) is 5.03. The smallest absolute Gasteiger partial charge is 0.262 e. The van der Waals surface area contributed by atoms with Crippen LogP contribution in [0.25, 0.3) is 0 Å². The zero-order valence-corrected chi connectivity index (χ0v) is 12.8. The van der Waals surface area contributed by atoms with Gasteiger partial charge in [-0.3, -0.25) is 4.79 Å². The Morgan fingerprint density at radius 2 is 1.91 bits per heavy atom. The SMILES string of the molecule is N#CCc1ccc(NC(=O)COc2ccc(C#N)cc2Cl)cc1. The third-order valence-corrected chi connectivity index (χ3v) is 3.24. The van der Waals surface area contributed by atoms with Gasteiger partial charge in [-0.05, 0) is 35.9 Å². The van der Waals surface area contributed by atoms with Crippen molar-refractivity contribution in [1.82, 2.24) is 0 Å². The largest absolute Gasteiger partial charge is 0.482 e. The van der Waals surface area contributed by atoms with Crippen LogP contribution in [0.4, 0.5) is 5.69 Å². The standard InChI is InChI=1S/C17H12ClN3O2/c18-15-9-13(10-20)3-6-16(15)23-11-17(22)21-14-4-1-12(2-5-14)7-8-19/h1-6,9H,7,11H2,(H,21,22). The van der Waals surface area contributed by atoms with Crippen molar-refractivity contribution < 1.29 is 9.53 Å². The number of nitriles is 2. The summed E-state index contributed by atoms with van der Waals surface area (Å²) in [6, 6.07) is 15.6. The van der Waals surface area contributed by atoms with Crippen LogP contribution in [0.1, 0.15) is 11.1 Å². The predicted molar refractivity (Wildman–Crippen MR) is 86.1 cm³/mol. The number of carbonyl (C=O) groups is 1. The van der Waals surface area contributed by atoms with Gasteiger partial charge in [-0.25, -0.2) is 0 Å². The number of hydrogen-bond acceptors (Lipinski definition) is 4. The number of ether oxygens (including phenoxy) is 1. The average molecular weight is 326 g/mol. The quantitative estimate of drug-likeness (QED) is 0.913. The van der Waals surface area contributed by atoms with Gasteiger partial charge in [0.15, 0.2) is 6.61 Å². The molecule has 23 heavy (non-hydrogen) atoms. The Morgan fingerprint density at radius 1 is 1.17 bits per heavy atom. The van der Waals surface area contributed by atoms with Crippen LogP contribution < -0.4 is 10.1 Å². The third kappa shape index (κ3) is 4.74. The molecule has 0 heterocycles. The molecule has 0 saturated heterocycles. The van der Waals surface area contributed by atoms with E-state index in [-0.39, 0.29) is 17.5 Å². The Morgan fingerprint density at radius 3 is 2.52 bits per heavy atom. The van der Waals surface area contributed by atoms with Crippen LogP contribution in [-0.4, -0.2) is 12.5 Å². The second-order valence-electron chi connectivity index (χ2n) is 4.63. The zero-order valence-electron chi connectivity index (χ0n) is 12.0. The summed E-state index contributed by atoms with van der Waals surface area (Å²) >= 11 is 5.96. The minimum Gasteiger partial charge on any atom is -0.482 e. The molecule has 0 aromatic heterocycles. The lowest BCUT2D eigenvalue weighted by molar-refractivity contribution is -0.118. The number of nitrogens with one attached hydrogen (secondary N) is 1. The van der Waals surface area contributed by atoms with E-state index in [9.17, 15) is 4.79 Å². The lowest BCUT2D eigenvalue weighted by Gasteiger charge is -2.09. The Bertz CT molecular complexity index is 789. The van der Waals surface area contributed by atoms with Crippen molar-refractivity contribution in [2.75, 3.05) is 11.9 Å². The number of halogens is 1. The van der Waals surface area contributed by atoms with Crippen molar-refractivity contribution in [1.29, 1.82) is 10.5 Å². The molecule has 0 spiro atoms. The molecule has 2 aromatic rings. The minimum absolute atomic E-state index is 0.203. The van der Waals surface area contributed by atoms with Gasteiger partial charge < -0.3 is 10.1 Å². The van der Waals surface area contributed by atoms with E-state index in [1.165, 1.54) is 6.07 Å². The van der Waals surface area contributed by atoms with E-state index < -0.39 is 0 Å². The Balaban J connectivity index is 1.90. The molecule has 0 aliphatic carbocycles. The average Bonchev–Trinajstić information content (AvgIpc) is 2.55. The summed E-state index contributed by atoms with van der Waals surface area (Å²) in [5.74, 6) is 0.00337. The number of benzene rings is 2. The van der Waals surface area contributed by atoms with Crippen LogP contribution in [0.3, 0.4) is 0 Å². The van der Waals surface area contributed by atoms with E-state index in [0.717, 1.165) is 5.56 Å². The summed E-state index contributed by atoms with van der Waals surface area (Å²) in [4.78, 5) is 11.8. The van der Waals surface area contributed by atoms with Crippen LogP contribution >= 0.6 is 11.6 Å². The molecule has 0 fully saturated rings. The molecule has 0 radical (unpaired) electrons. The topological polar surface area (TPSA) is 85.9 Å². The Labute approximate surface area is 138 Å². The molecular formula is C17H12ClN3O2. The van der Waals surface area contributed by atoms with Gasteiger partial charge in [0, 0.05) is 5.69 Å². The normalized spacial score (nSPS) is 9.52. The number of anilines is 1. The van der Waals surface area contributed by atoms with E-state index in [2.05, 4.69) is 11.4 Å². The van der Waals surface area contributed by atoms with Crippen LogP contribution in [0, 0.1) is 22.7 Å². The van der Waals surface area contributed by atoms with Gasteiger partial charge >= 0.3 is 0 Å². The lowest BCUT2D eigenvalue weighted by Crippen LogP contribution is -2.20. The predicted octanol–water partition coefficient (Wildman–Crippen LogP) is 3.30. The van der Waals surface area contributed by atoms with Gasteiger partial charge in [-0.1, -0.05) is 23.7 Å². The highest BCUT2D eigenvalue weighted by Gasteiger charge is 2.07. The number of hydrogen-bond donors (Lipinski definition) is 1. The van der Waals surface area contributed by atoms with Gasteiger partial charge in [0.2, 0.25) is 0 Å². The Hall–Kier alpha value is -3.02. The molecule has 0 bridgehead atoms. The minimum atomic E-state index is -0.335. The van der Waals surface area contributed by atoms with Crippen LogP contribution in [-0.2, 0) is 11.2 Å². The van der Waals surface area contributed by atoms with Crippen molar-refractivity contribution in [3.05, 3.63) is 58.6 Å². The fourth-order valence-electron chi connectivity index (χ4n) is 1.83. The summed E-state index contributed by atoms with van der Waals surface area (Å²) in [5.41, 5.74) is 1.92. The highest BCUT2D eigenvalue weighted by Crippen LogP contribution is 2.25. The van der Waals surface area contributed by atoms with Gasteiger partial charge in [0.25, 0.3) is 5.91 Å². The molecule has 1 amide bonds. The van der Waals surface area contributed by atoms with E-state index in [0.29, 0.717) is 23.4 Å². The molecule has 0 aliphatic heterocycles. The fraction of sp³-hybridized carbons (Fsp3) is 0.118. The molecule has 5 nitrogen and oxygen atoms in total. The first-order chi connectivity index (χ1) is 11.1. The number of carbonyl (C=O) groups excluding carboxylic acids is 1. The first kappa shape index (κ1) is 16.4. The molecule has 0 atom stereocenters. The highest BCUT2D eigenvalue weighted by molar-refractivity contribution is 6.32. The van der Waals surface area contributed by atoms with E-state index in [4.69, 9.17) is 26.9 Å². The summed E-state index contributed by atoms with van der Waals surface area (Å²) in [7, 11) is 0. The van der Waals surface area contributed by atoms with Gasteiger partial charge in [0.1, 0.15) is 5.75 Å². The fourth-order valence-corrected chi connectivity index (χ4v) is 2.06. The maximum atomic E-state index is 11.8. The Kier molecular flexibility index (Phi) is 5.57. The summed E-state index contributed by atoms with van der Waals surface area (Å²) in [6.45, 7) is -0.203. The summed E-state index contributed by atoms with van der Waals surface area (Å²) in [6.07, 6.45) is 0.328. The summed E-state index contributed by atoms with van der Waals surface area (Å²) in [5, 5.41) is 20.3. The maximum Gasteiger partial charge on any atom is 0.262 e.